The van der Waals surface area contributed by atoms with E-state index in [2.05, 4.69) is 15.0 Å². The van der Waals surface area contributed by atoms with Crippen molar-refractivity contribution in [1.29, 1.82) is 0 Å². The van der Waals surface area contributed by atoms with Crippen molar-refractivity contribution in [3.05, 3.63) is 30.0 Å². The standard InChI is InChI=1S/C15H16FN3O2S2/c1-15(2,7-23(3)21)12-11(20)10-14(19-12)22-13(18-10)8-4-9(16)6-17-5-8/h4-6,19-20H,7H2,1-3H3. The molecule has 0 aromatic carbocycles. The fourth-order valence-electron chi connectivity index (χ4n) is 2.58. The summed E-state index contributed by atoms with van der Waals surface area (Å²) in [5, 5.41) is 11.1. The second-order valence-electron chi connectivity index (χ2n) is 6.04. The number of fused-ring (bicyclic) bond motifs is 1. The minimum atomic E-state index is -0.988. The fraction of sp³-hybridized carbons (Fsp3) is 0.333. The molecule has 3 rings (SSSR count). The van der Waals surface area contributed by atoms with Gasteiger partial charge in [0, 0.05) is 11.8 Å². The lowest BCUT2D eigenvalue weighted by Crippen LogP contribution is -2.28. The van der Waals surface area contributed by atoms with E-state index in [0.29, 0.717) is 32.4 Å². The van der Waals surface area contributed by atoms with E-state index in [1.807, 2.05) is 13.8 Å². The van der Waals surface area contributed by atoms with Gasteiger partial charge in [-0.25, -0.2) is 9.37 Å². The molecule has 23 heavy (non-hydrogen) atoms. The van der Waals surface area contributed by atoms with Crippen LogP contribution in [0.1, 0.15) is 19.5 Å². The van der Waals surface area contributed by atoms with Crippen LogP contribution in [0.25, 0.3) is 20.9 Å². The molecule has 0 aliphatic carbocycles. The van der Waals surface area contributed by atoms with Crippen molar-refractivity contribution in [2.45, 2.75) is 19.3 Å². The van der Waals surface area contributed by atoms with Crippen molar-refractivity contribution in [2.24, 2.45) is 0 Å². The van der Waals surface area contributed by atoms with E-state index in [9.17, 15) is 14.0 Å². The third-order valence-electron chi connectivity index (χ3n) is 3.52. The third kappa shape index (κ3) is 3.06. The van der Waals surface area contributed by atoms with E-state index < -0.39 is 22.4 Å². The summed E-state index contributed by atoms with van der Waals surface area (Å²) in [6.45, 7) is 3.84. The minimum Gasteiger partial charge on any atom is -0.617 e. The molecule has 3 aromatic rings. The minimum absolute atomic E-state index is 0.0577. The Morgan fingerprint density at radius 3 is 2.78 bits per heavy atom. The summed E-state index contributed by atoms with van der Waals surface area (Å²) >= 11 is 0.332. The number of rotatable bonds is 4. The van der Waals surface area contributed by atoms with Gasteiger partial charge in [-0.15, -0.1) is 0 Å². The van der Waals surface area contributed by atoms with Crippen LogP contribution in [0.4, 0.5) is 4.39 Å². The van der Waals surface area contributed by atoms with Gasteiger partial charge in [-0.3, -0.25) is 4.98 Å². The van der Waals surface area contributed by atoms with Gasteiger partial charge in [0.05, 0.1) is 23.6 Å². The van der Waals surface area contributed by atoms with Crippen LogP contribution in [0.3, 0.4) is 0 Å². The second-order valence-corrected chi connectivity index (χ2v) is 8.47. The highest BCUT2D eigenvalue weighted by Crippen LogP contribution is 2.41. The molecule has 0 saturated heterocycles. The highest BCUT2D eigenvalue weighted by atomic mass is 32.2. The van der Waals surface area contributed by atoms with E-state index in [1.165, 1.54) is 23.6 Å². The molecule has 0 radical (unpaired) electrons. The van der Waals surface area contributed by atoms with Crippen LogP contribution in [-0.2, 0) is 16.6 Å². The largest absolute Gasteiger partial charge is 0.617 e. The van der Waals surface area contributed by atoms with Crippen molar-refractivity contribution < 1.29 is 14.0 Å². The number of halogens is 1. The van der Waals surface area contributed by atoms with Gasteiger partial charge in [-0.2, -0.15) is 0 Å². The highest BCUT2D eigenvalue weighted by Gasteiger charge is 2.32. The summed E-state index contributed by atoms with van der Waals surface area (Å²) in [5.74, 6) is 0.0507. The van der Waals surface area contributed by atoms with E-state index in [-0.39, 0.29) is 5.75 Å². The number of nitrogens with zero attached hydrogens (tertiary/aromatic N) is 2. The molecule has 1 unspecified atom stereocenters. The Balaban J connectivity index is 2.04. The van der Waals surface area contributed by atoms with Gasteiger partial charge in [-0.1, -0.05) is 22.5 Å². The van der Waals surface area contributed by atoms with Crippen LogP contribution in [0, 0.1) is 5.82 Å². The third-order valence-corrected chi connectivity index (χ3v) is 5.67. The predicted molar refractivity (Wildman–Crippen MR) is 90.8 cm³/mol. The Morgan fingerprint density at radius 1 is 1.43 bits per heavy atom. The van der Waals surface area contributed by atoms with Gasteiger partial charge in [0.1, 0.15) is 26.9 Å². The van der Waals surface area contributed by atoms with Crippen LogP contribution >= 0.6 is 11.3 Å². The lowest BCUT2D eigenvalue weighted by Gasteiger charge is -2.23. The van der Waals surface area contributed by atoms with Gasteiger partial charge in [0.25, 0.3) is 0 Å². The van der Waals surface area contributed by atoms with Crippen molar-refractivity contribution in [2.75, 3.05) is 12.0 Å². The maximum absolute atomic E-state index is 13.3. The summed E-state index contributed by atoms with van der Waals surface area (Å²) < 4.78 is 24.8. The van der Waals surface area contributed by atoms with Crippen molar-refractivity contribution >= 4 is 32.9 Å². The summed E-state index contributed by atoms with van der Waals surface area (Å²) in [6, 6.07) is 1.35. The predicted octanol–water partition coefficient (Wildman–Crippen LogP) is 3.19. The molecule has 5 nitrogen and oxygen atoms in total. The van der Waals surface area contributed by atoms with Crippen molar-refractivity contribution in [1.82, 2.24) is 15.0 Å². The second kappa shape index (κ2) is 5.77. The zero-order valence-electron chi connectivity index (χ0n) is 12.9. The molecule has 2 N–H and O–H groups in total. The number of hydrogen-bond donors (Lipinski definition) is 2. The molecule has 0 fully saturated rings. The number of aromatic hydroxyl groups is 1. The molecule has 0 aliphatic heterocycles. The first-order valence-electron chi connectivity index (χ1n) is 6.91. The summed E-state index contributed by atoms with van der Waals surface area (Å²) in [4.78, 5) is 12.1. The maximum Gasteiger partial charge on any atom is 0.164 e. The van der Waals surface area contributed by atoms with E-state index in [4.69, 9.17) is 0 Å². The molecular formula is C15H16FN3O2S2. The Labute approximate surface area is 139 Å². The van der Waals surface area contributed by atoms with Crippen LogP contribution in [0.15, 0.2) is 18.5 Å². The Morgan fingerprint density at radius 2 is 2.17 bits per heavy atom. The normalized spacial score (nSPS) is 13.6. The Hall–Kier alpha value is -1.64. The SMILES string of the molecule is C[S+]([O-])CC(C)(C)c1[nH]c2sc(-c3cncc(F)c3)nc2c1O. The first-order valence-corrected chi connectivity index (χ1v) is 9.45. The van der Waals surface area contributed by atoms with Crippen molar-refractivity contribution in [3.63, 3.8) is 0 Å². The topological polar surface area (TPSA) is 84.9 Å². The van der Waals surface area contributed by atoms with E-state index in [0.717, 1.165) is 6.20 Å². The first-order chi connectivity index (χ1) is 10.8. The molecule has 3 heterocycles. The zero-order valence-corrected chi connectivity index (χ0v) is 14.5. The number of hydrogen-bond acceptors (Lipinski definition) is 5. The molecule has 0 bridgehead atoms. The average molecular weight is 353 g/mol. The summed E-state index contributed by atoms with van der Waals surface area (Å²) in [5.41, 5.74) is 1.16. The number of pyridine rings is 1. The molecular weight excluding hydrogens is 337 g/mol. The summed E-state index contributed by atoms with van der Waals surface area (Å²) in [6.07, 6.45) is 4.30. The molecule has 0 aliphatic rings. The molecule has 8 heteroatoms. The molecule has 122 valence electrons. The molecule has 1 atom stereocenters. The average Bonchev–Trinajstić information content (AvgIpc) is 2.98. The molecule has 0 saturated carbocycles. The number of nitrogens with one attached hydrogen (secondary N) is 1. The highest BCUT2D eigenvalue weighted by molar-refractivity contribution is 7.90. The van der Waals surface area contributed by atoms with Gasteiger partial charge < -0.3 is 14.6 Å². The number of thiazole rings is 1. The summed E-state index contributed by atoms with van der Waals surface area (Å²) in [7, 11) is 0. The first kappa shape index (κ1) is 16.2. The lowest BCUT2D eigenvalue weighted by molar-refractivity contribution is 0.447. The number of H-pyrrole nitrogens is 1. The number of aromatic nitrogens is 3. The van der Waals surface area contributed by atoms with Gasteiger partial charge in [0.15, 0.2) is 5.75 Å². The van der Waals surface area contributed by atoms with Crippen molar-refractivity contribution in [3.8, 4) is 16.3 Å². The smallest absolute Gasteiger partial charge is 0.164 e. The molecule has 0 spiro atoms. The quantitative estimate of drug-likeness (QED) is 0.706. The maximum atomic E-state index is 13.3. The van der Waals surface area contributed by atoms with E-state index >= 15 is 0 Å². The van der Waals surface area contributed by atoms with Crippen LogP contribution < -0.4 is 0 Å². The van der Waals surface area contributed by atoms with Crippen LogP contribution in [0.2, 0.25) is 0 Å². The van der Waals surface area contributed by atoms with Gasteiger partial charge in [0.2, 0.25) is 0 Å². The van der Waals surface area contributed by atoms with Crippen LogP contribution in [0.5, 0.6) is 5.75 Å². The van der Waals surface area contributed by atoms with Gasteiger partial charge in [-0.05, 0) is 19.9 Å². The Kier molecular flexibility index (Phi) is 4.07. The van der Waals surface area contributed by atoms with Crippen LogP contribution in [-0.4, -0.2) is 36.6 Å². The van der Waals surface area contributed by atoms with E-state index in [1.54, 1.807) is 6.26 Å². The lowest BCUT2D eigenvalue weighted by atomic mass is 9.91. The fourth-order valence-corrected chi connectivity index (χ4v) is 4.69. The zero-order chi connectivity index (χ0) is 16.8. The monoisotopic (exact) mass is 353 g/mol. The Bertz CT molecular complexity index is 858. The molecule has 3 aromatic heterocycles. The number of aromatic amines is 1. The van der Waals surface area contributed by atoms with Gasteiger partial charge >= 0.3 is 0 Å². The molecule has 0 amide bonds.